The first-order valence-electron chi connectivity index (χ1n) is 8.02. The van der Waals surface area contributed by atoms with Crippen molar-refractivity contribution in [2.45, 2.75) is 57.7 Å². The molecule has 1 atom stereocenters. The second-order valence-electron chi connectivity index (χ2n) is 6.34. The molecular weight excluding hydrogens is 258 g/mol. The van der Waals surface area contributed by atoms with Crippen molar-refractivity contribution < 1.29 is 0 Å². The molecule has 112 valence electrons. The summed E-state index contributed by atoms with van der Waals surface area (Å²) >= 11 is 0. The lowest BCUT2D eigenvalue weighted by atomic mass is 10.0. The molecule has 21 heavy (non-hydrogen) atoms. The van der Waals surface area contributed by atoms with E-state index in [1.165, 1.54) is 24.2 Å². The molecule has 1 heterocycles. The van der Waals surface area contributed by atoms with Gasteiger partial charge in [-0.3, -0.25) is 0 Å². The minimum absolute atomic E-state index is 0.327. The van der Waals surface area contributed by atoms with E-state index in [4.69, 9.17) is 0 Å². The number of imidazole rings is 1. The molecule has 1 N–H and O–H groups in total. The SMILES string of the molecule is CCc1nccn1C[C@@H](C)NC1(Cc2ccccc2)CC1. The summed E-state index contributed by atoms with van der Waals surface area (Å²) < 4.78 is 2.27. The Hall–Kier alpha value is -1.61. The number of hydrogen-bond donors (Lipinski definition) is 1. The Kier molecular flexibility index (Phi) is 4.11. The van der Waals surface area contributed by atoms with Crippen LogP contribution in [0.3, 0.4) is 0 Å². The fourth-order valence-electron chi connectivity index (χ4n) is 3.19. The Morgan fingerprint density at radius 2 is 2.05 bits per heavy atom. The Labute approximate surface area is 127 Å². The average molecular weight is 283 g/mol. The van der Waals surface area contributed by atoms with Crippen LogP contribution in [-0.4, -0.2) is 21.1 Å². The molecule has 1 fully saturated rings. The van der Waals surface area contributed by atoms with Gasteiger partial charge in [-0.25, -0.2) is 4.98 Å². The highest BCUT2D eigenvalue weighted by Crippen LogP contribution is 2.39. The Morgan fingerprint density at radius 1 is 1.29 bits per heavy atom. The van der Waals surface area contributed by atoms with Gasteiger partial charge in [0.1, 0.15) is 5.82 Å². The first-order chi connectivity index (χ1) is 10.2. The highest BCUT2D eigenvalue weighted by Gasteiger charge is 2.43. The predicted octanol–water partition coefficient (Wildman–Crippen LogP) is 3.20. The van der Waals surface area contributed by atoms with Gasteiger partial charge in [-0.2, -0.15) is 0 Å². The Balaban J connectivity index is 1.58. The second kappa shape index (κ2) is 6.02. The fourth-order valence-corrected chi connectivity index (χ4v) is 3.19. The highest BCUT2D eigenvalue weighted by atomic mass is 15.1. The summed E-state index contributed by atoms with van der Waals surface area (Å²) in [5.41, 5.74) is 1.76. The molecule has 2 aromatic rings. The first kappa shape index (κ1) is 14.3. The standard InChI is InChI=1S/C18H25N3/c1-3-17-19-11-12-21(17)14-15(2)20-18(9-10-18)13-16-7-5-4-6-8-16/h4-8,11-12,15,20H,3,9-10,13-14H2,1-2H3/t15-/m1/s1. The summed E-state index contributed by atoms with van der Waals surface area (Å²) in [5, 5.41) is 3.86. The molecule has 0 amide bonds. The van der Waals surface area contributed by atoms with Crippen molar-refractivity contribution in [3.63, 3.8) is 0 Å². The zero-order valence-electron chi connectivity index (χ0n) is 13.0. The summed E-state index contributed by atoms with van der Waals surface area (Å²) in [4.78, 5) is 4.40. The van der Waals surface area contributed by atoms with Crippen molar-refractivity contribution in [1.29, 1.82) is 0 Å². The van der Waals surface area contributed by atoms with Gasteiger partial charge in [0, 0.05) is 36.9 Å². The van der Waals surface area contributed by atoms with Crippen LogP contribution in [0.4, 0.5) is 0 Å². The minimum atomic E-state index is 0.327. The van der Waals surface area contributed by atoms with E-state index >= 15 is 0 Å². The van der Waals surface area contributed by atoms with Gasteiger partial charge in [0.15, 0.2) is 0 Å². The van der Waals surface area contributed by atoms with Crippen LogP contribution in [0.1, 0.15) is 38.1 Å². The number of nitrogens with zero attached hydrogens (tertiary/aromatic N) is 2. The van der Waals surface area contributed by atoms with Gasteiger partial charge in [-0.1, -0.05) is 37.3 Å². The van der Waals surface area contributed by atoms with Crippen LogP contribution in [0.15, 0.2) is 42.7 Å². The van der Waals surface area contributed by atoms with Crippen LogP contribution in [0.25, 0.3) is 0 Å². The molecular formula is C18H25N3. The van der Waals surface area contributed by atoms with Crippen LogP contribution < -0.4 is 5.32 Å². The molecule has 3 heteroatoms. The lowest BCUT2D eigenvalue weighted by Gasteiger charge is -2.24. The molecule has 1 aliphatic carbocycles. The van der Waals surface area contributed by atoms with E-state index in [0.29, 0.717) is 11.6 Å². The fraction of sp³-hybridized carbons (Fsp3) is 0.500. The third-order valence-electron chi connectivity index (χ3n) is 4.38. The van der Waals surface area contributed by atoms with Crippen molar-refractivity contribution >= 4 is 0 Å². The van der Waals surface area contributed by atoms with Gasteiger partial charge >= 0.3 is 0 Å². The summed E-state index contributed by atoms with van der Waals surface area (Å²) in [5.74, 6) is 1.18. The van der Waals surface area contributed by atoms with Gasteiger partial charge in [-0.05, 0) is 31.7 Å². The van der Waals surface area contributed by atoms with E-state index in [2.05, 4.69) is 65.2 Å². The molecule has 0 unspecified atom stereocenters. The third-order valence-corrected chi connectivity index (χ3v) is 4.38. The normalized spacial score (nSPS) is 17.6. The van der Waals surface area contributed by atoms with Crippen molar-refractivity contribution in [1.82, 2.24) is 14.9 Å². The van der Waals surface area contributed by atoms with Crippen molar-refractivity contribution in [3.8, 4) is 0 Å². The summed E-state index contributed by atoms with van der Waals surface area (Å²) in [6, 6.07) is 11.3. The third kappa shape index (κ3) is 3.53. The Bertz CT molecular complexity index is 569. The minimum Gasteiger partial charge on any atom is -0.333 e. The number of nitrogens with one attached hydrogen (secondary N) is 1. The molecule has 1 saturated carbocycles. The summed E-state index contributed by atoms with van der Waals surface area (Å²) in [6.45, 7) is 5.44. The lowest BCUT2D eigenvalue weighted by molar-refractivity contribution is 0.387. The van der Waals surface area contributed by atoms with Crippen molar-refractivity contribution in [2.24, 2.45) is 0 Å². The maximum atomic E-state index is 4.40. The smallest absolute Gasteiger partial charge is 0.108 e. The van der Waals surface area contributed by atoms with E-state index in [-0.39, 0.29) is 0 Å². The van der Waals surface area contributed by atoms with E-state index in [9.17, 15) is 0 Å². The van der Waals surface area contributed by atoms with Gasteiger partial charge in [0.2, 0.25) is 0 Å². The van der Waals surface area contributed by atoms with Crippen LogP contribution in [0.5, 0.6) is 0 Å². The molecule has 0 bridgehead atoms. The summed E-state index contributed by atoms with van der Waals surface area (Å²) in [6.07, 6.45) is 8.71. The maximum absolute atomic E-state index is 4.40. The topological polar surface area (TPSA) is 29.9 Å². The van der Waals surface area contributed by atoms with Gasteiger partial charge in [0.25, 0.3) is 0 Å². The maximum Gasteiger partial charge on any atom is 0.108 e. The average Bonchev–Trinajstić information content (AvgIpc) is 3.07. The van der Waals surface area contributed by atoms with Crippen LogP contribution >= 0.6 is 0 Å². The molecule has 3 nitrogen and oxygen atoms in total. The molecule has 0 saturated heterocycles. The number of aryl methyl sites for hydroxylation is 1. The molecule has 0 radical (unpaired) electrons. The van der Waals surface area contributed by atoms with Crippen molar-refractivity contribution in [3.05, 3.63) is 54.1 Å². The van der Waals surface area contributed by atoms with Gasteiger partial charge in [-0.15, -0.1) is 0 Å². The van der Waals surface area contributed by atoms with Gasteiger partial charge < -0.3 is 9.88 Å². The predicted molar refractivity (Wildman–Crippen MR) is 86.3 cm³/mol. The Morgan fingerprint density at radius 3 is 2.71 bits per heavy atom. The number of aromatic nitrogens is 2. The monoisotopic (exact) mass is 283 g/mol. The molecule has 0 spiro atoms. The summed E-state index contributed by atoms with van der Waals surface area (Å²) in [7, 11) is 0. The molecule has 3 rings (SSSR count). The van der Waals surface area contributed by atoms with Crippen molar-refractivity contribution in [2.75, 3.05) is 0 Å². The number of benzene rings is 1. The zero-order valence-corrected chi connectivity index (χ0v) is 13.0. The quantitative estimate of drug-likeness (QED) is 0.845. The molecule has 0 aliphatic heterocycles. The molecule has 1 aliphatic rings. The first-order valence-corrected chi connectivity index (χ1v) is 8.02. The largest absolute Gasteiger partial charge is 0.333 e. The molecule has 1 aromatic heterocycles. The van der Waals surface area contributed by atoms with E-state index in [0.717, 1.165) is 19.4 Å². The van der Waals surface area contributed by atoms with E-state index in [1.807, 2.05) is 6.20 Å². The van der Waals surface area contributed by atoms with Crippen LogP contribution in [0, 0.1) is 0 Å². The number of rotatable bonds is 7. The second-order valence-corrected chi connectivity index (χ2v) is 6.34. The van der Waals surface area contributed by atoms with Crippen LogP contribution in [0.2, 0.25) is 0 Å². The lowest BCUT2D eigenvalue weighted by Crippen LogP contribution is -2.42. The molecule has 1 aromatic carbocycles. The van der Waals surface area contributed by atoms with Crippen LogP contribution in [-0.2, 0) is 19.4 Å². The zero-order chi connectivity index (χ0) is 14.7. The van der Waals surface area contributed by atoms with E-state index < -0.39 is 0 Å². The number of hydrogen-bond acceptors (Lipinski definition) is 2. The van der Waals surface area contributed by atoms with Gasteiger partial charge in [0.05, 0.1) is 0 Å². The van der Waals surface area contributed by atoms with E-state index in [1.54, 1.807) is 0 Å². The highest BCUT2D eigenvalue weighted by molar-refractivity contribution is 5.21.